The molecule has 0 heterocycles. The van der Waals surface area contributed by atoms with Gasteiger partial charge in [0.05, 0.1) is 0 Å². The van der Waals surface area contributed by atoms with Crippen LogP contribution >= 0.6 is 7.92 Å². The first-order chi connectivity index (χ1) is 10.2. The second-order valence-corrected chi connectivity index (χ2v) is 11.7. The highest BCUT2D eigenvalue weighted by atomic mass is 31.1. The summed E-state index contributed by atoms with van der Waals surface area (Å²) in [6, 6.07) is 9.00. The topological polar surface area (TPSA) is 0 Å². The van der Waals surface area contributed by atoms with Gasteiger partial charge in [-0.3, -0.25) is 0 Å². The largest absolute Gasteiger partial charge is 0.0807 e. The zero-order valence-electron chi connectivity index (χ0n) is 14.9. The first-order valence-electron chi connectivity index (χ1n) is 8.14. The predicted molar refractivity (Wildman–Crippen MR) is 103 cm³/mol. The minimum Gasteiger partial charge on any atom is -0.0807 e. The molecule has 0 aromatic heterocycles. The van der Waals surface area contributed by atoms with E-state index in [0.717, 1.165) is 6.42 Å². The van der Waals surface area contributed by atoms with Crippen molar-refractivity contribution in [3.8, 4) is 0 Å². The van der Waals surface area contributed by atoms with Crippen LogP contribution in [0, 0.1) is 0 Å². The van der Waals surface area contributed by atoms with Gasteiger partial charge < -0.3 is 0 Å². The van der Waals surface area contributed by atoms with Crippen molar-refractivity contribution in [3.63, 3.8) is 0 Å². The smallest absolute Gasteiger partial charge is 0.0107 e. The lowest BCUT2D eigenvalue weighted by Crippen LogP contribution is -2.32. The number of allylic oxidation sites excluding steroid dienone is 6. The quantitative estimate of drug-likeness (QED) is 0.563. The van der Waals surface area contributed by atoms with Gasteiger partial charge in [0.15, 0.2) is 0 Å². The summed E-state index contributed by atoms with van der Waals surface area (Å²) in [7, 11) is -0.291. The van der Waals surface area contributed by atoms with Gasteiger partial charge in [-0.1, -0.05) is 104 Å². The Labute approximate surface area is 137 Å². The summed E-state index contributed by atoms with van der Waals surface area (Å²) in [6.45, 7) is 14.3. The second kappa shape index (κ2) is 6.55. The van der Waals surface area contributed by atoms with Crippen molar-refractivity contribution in [3.05, 3.63) is 60.2 Å². The van der Waals surface area contributed by atoms with Crippen LogP contribution in [0.1, 0.15) is 53.5 Å². The van der Waals surface area contributed by atoms with Crippen molar-refractivity contribution in [2.75, 3.05) is 0 Å². The molecule has 22 heavy (non-hydrogen) atoms. The Balaban J connectivity index is 2.61. The molecule has 118 valence electrons. The SMILES string of the molecule is CC(C)(C)P(c1ccccc1C1=CC=CCC=C1)C(C)(C)C. The van der Waals surface area contributed by atoms with Gasteiger partial charge in [0, 0.05) is 0 Å². The van der Waals surface area contributed by atoms with Crippen LogP contribution in [0.3, 0.4) is 0 Å². The van der Waals surface area contributed by atoms with Crippen LogP contribution in [0.5, 0.6) is 0 Å². The molecule has 0 saturated heterocycles. The van der Waals surface area contributed by atoms with Crippen LogP contribution in [0.15, 0.2) is 54.6 Å². The molecule has 0 fully saturated rings. The maximum absolute atomic E-state index is 2.39. The lowest BCUT2D eigenvalue weighted by atomic mass is 10.1. The third-order valence-corrected chi connectivity index (χ3v) is 7.33. The second-order valence-electron chi connectivity index (χ2n) is 7.88. The fourth-order valence-corrected chi connectivity index (χ4v) is 7.54. The molecule has 0 spiro atoms. The highest BCUT2D eigenvalue weighted by Crippen LogP contribution is 2.59. The van der Waals surface area contributed by atoms with Gasteiger partial charge in [0.25, 0.3) is 0 Å². The Hall–Kier alpha value is -1.13. The van der Waals surface area contributed by atoms with Crippen molar-refractivity contribution in [1.82, 2.24) is 0 Å². The van der Waals surface area contributed by atoms with E-state index in [-0.39, 0.29) is 18.2 Å². The molecule has 0 radical (unpaired) electrons. The van der Waals surface area contributed by atoms with Crippen molar-refractivity contribution in [2.24, 2.45) is 0 Å². The molecular formula is C21H29P. The van der Waals surface area contributed by atoms with Crippen molar-refractivity contribution >= 4 is 18.8 Å². The first-order valence-corrected chi connectivity index (χ1v) is 9.48. The molecule has 0 bridgehead atoms. The molecule has 1 aromatic rings. The van der Waals surface area contributed by atoms with Gasteiger partial charge in [-0.2, -0.15) is 0 Å². The Bertz CT molecular complexity index is 590. The van der Waals surface area contributed by atoms with E-state index in [2.05, 4.69) is 96.2 Å². The van der Waals surface area contributed by atoms with E-state index in [9.17, 15) is 0 Å². The molecule has 0 N–H and O–H groups in total. The average molecular weight is 312 g/mol. The lowest BCUT2D eigenvalue weighted by molar-refractivity contribution is 0.715. The van der Waals surface area contributed by atoms with E-state index in [4.69, 9.17) is 0 Å². The predicted octanol–water partition coefficient (Wildman–Crippen LogP) is 6.29. The third-order valence-electron chi connectivity index (χ3n) is 3.78. The average Bonchev–Trinajstić information content (AvgIpc) is 2.64. The van der Waals surface area contributed by atoms with Crippen molar-refractivity contribution < 1.29 is 0 Å². The van der Waals surface area contributed by atoms with E-state index in [0.29, 0.717) is 0 Å². The monoisotopic (exact) mass is 312 g/mol. The summed E-state index contributed by atoms with van der Waals surface area (Å²) in [5, 5.41) is 2.10. The summed E-state index contributed by atoms with van der Waals surface area (Å²) < 4.78 is 0. The molecule has 1 aliphatic rings. The Morgan fingerprint density at radius 2 is 1.50 bits per heavy atom. The molecule has 0 atom stereocenters. The van der Waals surface area contributed by atoms with Gasteiger partial charge in [0.1, 0.15) is 0 Å². The van der Waals surface area contributed by atoms with E-state index in [1.807, 2.05) is 0 Å². The Morgan fingerprint density at radius 3 is 2.14 bits per heavy atom. The van der Waals surface area contributed by atoms with Crippen LogP contribution in [-0.2, 0) is 0 Å². The molecule has 0 saturated carbocycles. The molecule has 0 nitrogen and oxygen atoms in total. The summed E-state index contributed by atoms with van der Waals surface area (Å²) in [5.41, 5.74) is 2.74. The van der Waals surface area contributed by atoms with Crippen LogP contribution in [-0.4, -0.2) is 10.3 Å². The summed E-state index contributed by atoms with van der Waals surface area (Å²) >= 11 is 0. The number of rotatable bonds is 2. The minimum absolute atomic E-state index is 0.286. The molecule has 0 aliphatic heterocycles. The molecule has 0 unspecified atom stereocenters. The number of hydrogen-bond donors (Lipinski definition) is 0. The maximum Gasteiger partial charge on any atom is -0.0107 e. The highest BCUT2D eigenvalue weighted by molar-refractivity contribution is 7.68. The van der Waals surface area contributed by atoms with E-state index in [1.165, 1.54) is 16.4 Å². The molecule has 0 amide bonds. The molecule has 1 aliphatic carbocycles. The van der Waals surface area contributed by atoms with E-state index >= 15 is 0 Å². The van der Waals surface area contributed by atoms with Gasteiger partial charge in [-0.25, -0.2) is 0 Å². The third kappa shape index (κ3) is 3.99. The number of benzene rings is 1. The molecule has 1 heteroatoms. The standard InChI is InChI=1S/C21H29P/c1-20(2,3)22(21(4,5)6)19-16-12-11-15-18(19)17-13-9-7-8-10-14-17/h7,9-16H,8H2,1-6H3. The molecule has 1 aromatic carbocycles. The van der Waals surface area contributed by atoms with Crippen LogP contribution in [0.4, 0.5) is 0 Å². The van der Waals surface area contributed by atoms with Gasteiger partial charge in [-0.15, -0.1) is 0 Å². The summed E-state index contributed by atoms with van der Waals surface area (Å²) in [5.74, 6) is 0. The minimum atomic E-state index is -0.291. The van der Waals surface area contributed by atoms with Crippen LogP contribution in [0.25, 0.3) is 5.57 Å². The Morgan fingerprint density at radius 1 is 0.864 bits per heavy atom. The highest BCUT2D eigenvalue weighted by Gasteiger charge is 2.36. The fraction of sp³-hybridized carbons (Fsp3) is 0.429. The zero-order valence-corrected chi connectivity index (χ0v) is 15.7. The normalized spacial score (nSPS) is 15.9. The van der Waals surface area contributed by atoms with Gasteiger partial charge >= 0.3 is 0 Å². The van der Waals surface area contributed by atoms with Crippen molar-refractivity contribution in [1.29, 1.82) is 0 Å². The number of hydrogen-bond acceptors (Lipinski definition) is 0. The zero-order chi connectivity index (χ0) is 16.4. The Kier molecular flexibility index (Phi) is 5.13. The summed E-state index contributed by atoms with van der Waals surface area (Å²) in [6.07, 6.45) is 12.2. The van der Waals surface area contributed by atoms with E-state index in [1.54, 1.807) is 0 Å². The van der Waals surface area contributed by atoms with E-state index < -0.39 is 0 Å². The first kappa shape index (κ1) is 17.2. The molecular weight excluding hydrogens is 283 g/mol. The molecule has 2 rings (SSSR count). The lowest BCUT2D eigenvalue weighted by Gasteiger charge is -2.42. The van der Waals surface area contributed by atoms with Crippen LogP contribution < -0.4 is 5.30 Å². The van der Waals surface area contributed by atoms with Crippen LogP contribution in [0.2, 0.25) is 0 Å². The van der Waals surface area contributed by atoms with Crippen molar-refractivity contribution in [2.45, 2.75) is 58.3 Å². The van der Waals surface area contributed by atoms with Gasteiger partial charge in [0.2, 0.25) is 0 Å². The fourth-order valence-electron chi connectivity index (χ4n) is 3.40. The summed E-state index contributed by atoms with van der Waals surface area (Å²) in [4.78, 5) is 0. The maximum atomic E-state index is 2.39. The van der Waals surface area contributed by atoms with Gasteiger partial charge in [-0.05, 0) is 33.2 Å².